The molecular formula is C22H25FN+. The fourth-order valence-corrected chi connectivity index (χ4v) is 3.31. The molecule has 0 bridgehead atoms. The monoisotopic (exact) mass is 323 g/mol. The first-order chi connectivity index (χ1) is 11.7. The highest BCUT2D eigenvalue weighted by molar-refractivity contribution is 5.94. The van der Waals surface area contributed by atoms with E-state index < -0.39 is 0 Å². The predicted octanol–water partition coefficient (Wildman–Crippen LogP) is 5.52. The molecule has 24 heavy (non-hydrogen) atoms. The zero-order valence-corrected chi connectivity index (χ0v) is 15.3. The van der Waals surface area contributed by atoms with Crippen molar-refractivity contribution in [2.24, 2.45) is 7.05 Å². The Balaban J connectivity index is 2.42. The minimum atomic E-state index is -0.141. The maximum absolute atomic E-state index is 14.3. The van der Waals surface area contributed by atoms with Crippen molar-refractivity contribution in [2.45, 2.75) is 40.5 Å². The zero-order valence-electron chi connectivity index (χ0n) is 16.3. The number of benzene rings is 2. The summed E-state index contributed by atoms with van der Waals surface area (Å²) in [6.07, 6.45) is 0.447. The van der Waals surface area contributed by atoms with Gasteiger partial charge in [-0.25, -0.2) is 8.96 Å². The van der Waals surface area contributed by atoms with Crippen LogP contribution in [0.5, 0.6) is 0 Å². The highest BCUT2D eigenvalue weighted by Gasteiger charge is 2.20. The molecule has 0 unspecified atom stereocenters. The van der Waals surface area contributed by atoms with Gasteiger partial charge in [0, 0.05) is 6.07 Å². The SMILES string of the molecule is [2H]c1cc2cc(C(C)C)ccc2c(-c2cc(C)c(F)c(C)c2C)[n+]1C. The van der Waals surface area contributed by atoms with Gasteiger partial charge in [-0.2, -0.15) is 0 Å². The van der Waals surface area contributed by atoms with Crippen molar-refractivity contribution in [3.63, 3.8) is 0 Å². The predicted molar refractivity (Wildman–Crippen MR) is 98.8 cm³/mol. The first kappa shape index (κ1) is 15.3. The summed E-state index contributed by atoms with van der Waals surface area (Å²) >= 11 is 0. The second kappa shape index (κ2) is 6.01. The quantitative estimate of drug-likeness (QED) is 0.547. The smallest absolute Gasteiger partial charge is 0.206 e. The Labute approximate surface area is 145 Å². The molecule has 3 aromatic rings. The molecule has 0 amide bonds. The van der Waals surface area contributed by atoms with Crippen LogP contribution >= 0.6 is 0 Å². The van der Waals surface area contributed by atoms with Crippen molar-refractivity contribution >= 4 is 10.8 Å². The van der Waals surface area contributed by atoms with Gasteiger partial charge >= 0.3 is 0 Å². The molecule has 1 nitrogen and oxygen atoms in total. The van der Waals surface area contributed by atoms with E-state index in [1.165, 1.54) is 5.56 Å². The molecule has 0 spiro atoms. The fourth-order valence-electron chi connectivity index (χ4n) is 3.31. The number of halogens is 1. The standard InChI is InChI=1S/C22H25FN/c1-13(2)17-7-8-19-18(12-17)9-10-24(6)22(19)20-11-14(3)21(23)16(5)15(20)4/h7-13H,1-6H3/q+1/i10D. The van der Waals surface area contributed by atoms with Gasteiger partial charge in [0.2, 0.25) is 5.69 Å². The number of fused-ring (bicyclic) bond motifs is 1. The van der Waals surface area contributed by atoms with Crippen LogP contribution in [0.1, 0.15) is 43.4 Å². The van der Waals surface area contributed by atoms with Crippen LogP contribution in [0.2, 0.25) is 0 Å². The highest BCUT2D eigenvalue weighted by Crippen LogP contribution is 2.32. The number of hydrogen-bond acceptors (Lipinski definition) is 0. The largest absolute Gasteiger partial charge is 0.220 e. The molecular weight excluding hydrogens is 297 g/mol. The van der Waals surface area contributed by atoms with Crippen molar-refractivity contribution in [1.29, 1.82) is 0 Å². The molecule has 0 atom stereocenters. The Morgan fingerprint density at radius 2 is 1.75 bits per heavy atom. The van der Waals surface area contributed by atoms with Crippen LogP contribution in [-0.2, 0) is 7.05 Å². The van der Waals surface area contributed by atoms with Gasteiger partial charge in [0.1, 0.15) is 14.2 Å². The lowest BCUT2D eigenvalue weighted by molar-refractivity contribution is -0.659. The van der Waals surface area contributed by atoms with Crippen molar-refractivity contribution in [2.75, 3.05) is 0 Å². The second-order valence-electron chi connectivity index (χ2n) is 6.99. The number of rotatable bonds is 2. The summed E-state index contributed by atoms with van der Waals surface area (Å²) in [7, 11) is 1.90. The topological polar surface area (TPSA) is 3.88 Å². The first-order valence-electron chi connectivity index (χ1n) is 8.92. The lowest BCUT2D eigenvalue weighted by Gasteiger charge is -2.13. The summed E-state index contributed by atoms with van der Waals surface area (Å²) in [6.45, 7) is 9.92. The average Bonchev–Trinajstić information content (AvgIpc) is 2.57. The molecule has 1 aromatic heterocycles. The molecule has 1 heterocycles. The van der Waals surface area contributed by atoms with E-state index in [1.807, 2.05) is 37.6 Å². The number of hydrogen-bond donors (Lipinski definition) is 0. The molecule has 0 aliphatic rings. The molecule has 0 aliphatic heterocycles. The minimum Gasteiger partial charge on any atom is -0.206 e. The van der Waals surface area contributed by atoms with Crippen LogP contribution in [0.25, 0.3) is 22.0 Å². The van der Waals surface area contributed by atoms with Gasteiger partial charge in [0.25, 0.3) is 0 Å². The number of pyridine rings is 1. The second-order valence-corrected chi connectivity index (χ2v) is 6.99. The van der Waals surface area contributed by atoms with Crippen molar-refractivity contribution in [3.8, 4) is 11.3 Å². The maximum atomic E-state index is 14.3. The molecule has 0 aliphatic carbocycles. The van der Waals surface area contributed by atoms with Crippen LogP contribution in [-0.4, -0.2) is 0 Å². The molecule has 2 heteroatoms. The lowest BCUT2D eigenvalue weighted by Crippen LogP contribution is -2.31. The minimum absolute atomic E-state index is 0.141. The van der Waals surface area contributed by atoms with E-state index in [4.69, 9.17) is 1.37 Å². The van der Waals surface area contributed by atoms with Crippen LogP contribution < -0.4 is 4.57 Å². The van der Waals surface area contributed by atoms with E-state index in [1.54, 1.807) is 6.92 Å². The summed E-state index contributed by atoms with van der Waals surface area (Å²) < 4.78 is 24.5. The Kier molecular flexibility index (Phi) is 3.84. The molecule has 124 valence electrons. The molecule has 0 radical (unpaired) electrons. The van der Waals surface area contributed by atoms with E-state index in [0.29, 0.717) is 23.2 Å². The Morgan fingerprint density at radius 1 is 1.04 bits per heavy atom. The molecule has 0 N–H and O–H groups in total. The van der Waals surface area contributed by atoms with Gasteiger partial charge < -0.3 is 0 Å². The van der Waals surface area contributed by atoms with Gasteiger partial charge in [-0.05, 0) is 66.5 Å². The maximum Gasteiger partial charge on any atom is 0.220 e. The normalized spacial score (nSPS) is 12.1. The van der Waals surface area contributed by atoms with Crippen molar-refractivity contribution < 1.29 is 10.3 Å². The van der Waals surface area contributed by atoms with Gasteiger partial charge in [-0.15, -0.1) is 0 Å². The average molecular weight is 323 g/mol. The van der Waals surface area contributed by atoms with E-state index in [9.17, 15) is 4.39 Å². The molecule has 0 saturated carbocycles. The number of nitrogens with zero attached hydrogens (tertiary/aromatic N) is 1. The number of aryl methyl sites for hydroxylation is 1. The van der Waals surface area contributed by atoms with Gasteiger partial charge in [0.15, 0.2) is 6.17 Å². The van der Waals surface area contributed by atoms with E-state index in [2.05, 4.69) is 32.0 Å². The molecule has 0 saturated heterocycles. The first-order valence-corrected chi connectivity index (χ1v) is 8.42. The van der Waals surface area contributed by atoms with Crippen LogP contribution in [0.4, 0.5) is 4.39 Å². The Morgan fingerprint density at radius 3 is 2.42 bits per heavy atom. The van der Waals surface area contributed by atoms with Crippen molar-refractivity contribution in [1.82, 2.24) is 0 Å². The third kappa shape index (κ3) is 2.60. The molecule has 0 fully saturated rings. The highest BCUT2D eigenvalue weighted by atomic mass is 19.1. The van der Waals surface area contributed by atoms with E-state index in [0.717, 1.165) is 27.6 Å². The van der Waals surface area contributed by atoms with Crippen LogP contribution in [0.3, 0.4) is 0 Å². The van der Waals surface area contributed by atoms with Gasteiger partial charge in [-0.3, -0.25) is 0 Å². The van der Waals surface area contributed by atoms with E-state index >= 15 is 0 Å². The summed E-state index contributed by atoms with van der Waals surface area (Å²) in [6, 6.07) is 10.3. The molecule has 2 aromatic carbocycles. The van der Waals surface area contributed by atoms with Gasteiger partial charge in [-0.1, -0.05) is 26.0 Å². The Bertz CT molecular complexity index is 989. The Hall–Kier alpha value is -2.22. The summed E-state index contributed by atoms with van der Waals surface area (Å²) in [5, 5.41) is 2.15. The third-order valence-electron chi connectivity index (χ3n) is 5.00. The van der Waals surface area contributed by atoms with Gasteiger partial charge in [0.05, 0.1) is 10.9 Å². The van der Waals surface area contributed by atoms with Crippen molar-refractivity contribution in [3.05, 3.63) is 64.6 Å². The summed E-state index contributed by atoms with van der Waals surface area (Å²) in [5.41, 5.74) is 5.47. The van der Waals surface area contributed by atoms with Crippen LogP contribution in [0.15, 0.2) is 36.5 Å². The fraction of sp³-hybridized carbons (Fsp3) is 0.318. The summed E-state index contributed by atoms with van der Waals surface area (Å²) in [4.78, 5) is 0. The van der Waals surface area contributed by atoms with Crippen LogP contribution in [0, 0.1) is 26.6 Å². The third-order valence-corrected chi connectivity index (χ3v) is 5.00. The van der Waals surface area contributed by atoms with E-state index in [-0.39, 0.29) is 5.82 Å². The molecule has 3 rings (SSSR count). The summed E-state index contributed by atoms with van der Waals surface area (Å²) in [5.74, 6) is 0.297. The lowest BCUT2D eigenvalue weighted by atomic mass is 9.92. The zero-order chi connectivity index (χ0) is 18.5. The number of aromatic nitrogens is 1.